The maximum absolute atomic E-state index is 13.5. The smallest absolute Gasteiger partial charge is 0.260 e. The van der Waals surface area contributed by atoms with E-state index in [0.29, 0.717) is 28.5 Å². The molecule has 33 heavy (non-hydrogen) atoms. The summed E-state index contributed by atoms with van der Waals surface area (Å²) in [7, 11) is 0. The van der Waals surface area contributed by atoms with E-state index in [1.165, 1.54) is 11.8 Å². The highest BCUT2D eigenvalue weighted by Gasteiger charge is 2.25. The first-order valence-electron chi connectivity index (χ1n) is 10.6. The molecule has 2 heterocycles. The molecule has 0 unspecified atom stereocenters. The summed E-state index contributed by atoms with van der Waals surface area (Å²) in [5, 5.41) is 3.09. The Hall–Kier alpha value is -3.96. The molecule has 5 rings (SSSR count). The van der Waals surface area contributed by atoms with Crippen molar-refractivity contribution in [3.63, 3.8) is 0 Å². The first-order valence-corrected chi connectivity index (χ1v) is 11.0. The summed E-state index contributed by atoms with van der Waals surface area (Å²) in [4.78, 5) is 32.1. The number of nitrogens with one attached hydrogen (secondary N) is 1. The van der Waals surface area contributed by atoms with Crippen molar-refractivity contribution in [2.75, 3.05) is 10.2 Å². The average molecular weight is 454 g/mol. The zero-order chi connectivity index (χ0) is 22.8. The van der Waals surface area contributed by atoms with Crippen LogP contribution in [0.4, 0.5) is 11.5 Å². The van der Waals surface area contributed by atoms with Crippen molar-refractivity contribution in [1.82, 2.24) is 4.98 Å². The van der Waals surface area contributed by atoms with Crippen LogP contribution >= 0.6 is 11.6 Å². The molecule has 2 amide bonds. The highest BCUT2D eigenvalue weighted by molar-refractivity contribution is 6.34. The van der Waals surface area contributed by atoms with Gasteiger partial charge in [0.05, 0.1) is 22.7 Å². The van der Waals surface area contributed by atoms with Gasteiger partial charge in [0, 0.05) is 11.9 Å². The van der Waals surface area contributed by atoms with Crippen LogP contribution in [-0.4, -0.2) is 16.8 Å². The van der Waals surface area contributed by atoms with E-state index in [2.05, 4.69) is 28.5 Å². The molecule has 5 nitrogen and oxygen atoms in total. The Labute approximate surface area is 196 Å². The van der Waals surface area contributed by atoms with Crippen LogP contribution in [0, 0.1) is 0 Å². The largest absolute Gasteiger partial charge is 0.307 e. The monoisotopic (exact) mass is 453 g/mol. The molecule has 4 aromatic rings. The minimum Gasteiger partial charge on any atom is -0.307 e. The quantitative estimate of drug-likeness (QED) is 0.430. The lowest BCUT2D eigenvalue weighted by atomic mass is 10.0. The molecular formula is C27H20ClN3O2. The van der Waals surface area contributed by atoms with Crippen LogP contribution in [-0.2, 0) is 13.0 Å². The van der Waals surface area contributed by atoms with Crippen LogP contribution in [0.1, 0.15) is 37.4 Å². The number of para-hydroxylation sites is 1. The number of nitrogens with zero attached hydrogens (tertiary/aromatic N) is 2. The van der Waals surface area contributed by atoms with Crippen LogP contribution in [0.15, 0.2) is 91.1 Å². The Morgan fingerprint density at radius 3 is 2.27 bits per heavy atom. The molecule has 0 spiro atoms. The second kappa shape index (κ2) is 8.88. The van der Waals surface area contributed by atoms with Crippen molar-refractivity contribution in [1.29, 1.82) is 0 Å². The molecule has 6 heteroatoms. The van der Waals surface area contributed by atoms with Gasteiger partial charge in [0.25, 0.3) is 11.8 Å². The van der Waals surface area contributed by atoms with Gasteiger partial charge < -0.3 is 10.2 Å². The molecule has 1 aliphatic rings. The van der Waals surface area contributed by atoms with Gasteiger partial charge in [-0.1, -0.05) is 66.2 Å². The molecule has 0 aliphatic carbocycles. The van der Waals surface area contributed by atoms with Gasteiger partial charge >= 0.3 is 0 Å². The zero-order valence-electron chi connectivity index (χ0n) is 17.7. The number of fused-ring (bicyclic) bond motifs is 2. The van der Waals surface area contributed by atoms with Gasteiger partial charge in [-0.3, -0.25) is 9.59 Å². The average Bonchev–Trinajstić information content (AvgIpc) is 3.01. The molecule has 3 aromatic carbocycles. The molecule has 1 aliphatic heterocycles. The number of anilines is 2. The highest BCUT2D eigenvalue weighted by Crippen LogP contribution is 2.31. The van der Waals surface area contributed by atoms with Crippen molar-refractivity contribution in [2.45, 2.75) is 13.0 Å². The van der Waals surface area contributed by atoms with Crippen LogP contribution in [0.25, 0.3) is 0 Å². The number of pyridine rings is 1. The molecule has 0 saturated heterocycles. The molecule has 0 saturated carbocycles. The minimum atomic E-state index is -0.356. The molecule has 1 aromatic heterocycles. The molecular weight excluding hydrogens is 434 g/mol. The van der Waals surface area contributed by atoms with E-state index >= 15 is 0 Å². The fourth-order valence-corrected chi connectivity index (χ4v) is 4.25. The number of aromatic nitrogens is 1. The Kier molecular flexibility index (Phi) is 5.63. The summed E-state index contributed by atoms with van der Waals surface area (Å²) in [5.74, 6) is -0.154. The summed E-state index contributed by atoms with van der Waals surface area (Å²) >= 11 is 6.10. The Balaban J connectivity index is 1.40. The first-order chi connectivity index (χ1) is 16.1. The van der Waals surface area contributed by atoms with Crippen LogP contribution in [0.3, 0.4) is 0 Å². The third-order valence-corrected chi connectivity index (χ3v) is 6.06. The standard InChI is InChI=1S/C27H20ClN3O2/c28-23-11-5-4-10-22(23)26(32)30-25-14-13-20(16-29-25)27(33)31-17-21-9-2-1-7-18(21)15-19-8-3-6-12-24(19)31/h1-14,16H,15,17H2,(H,29,30,32). The van der Waals surface area contributed by atoms with E-state index in [-0.39, 0.29) is 11.8 Å². The van der Waals surface area contributed by atoms with Crippen molar-refractivity contribution in [3.05, 3.63) is 124 Å². The Bertz CT molecular complexity index is 1350. The third-order valence-electron chi connectivity index (χ3n) is 5.73. The van der Waals surface area contributed by atoms with E-state index in [1.54, 1.807) is 41.3 Å². The van der Waals surface area contributed by atoms with E-state index in [1.807, 2.05) is 30.3 Å². The van der Waals surface area contributed by atoms with Crippen LogP contribution in [0.5, 0.6) is 0 Å². The molecule has 162 valence electrons. The van der Waals surface area contributed by atoms with Crippen molar-refractivity contribution >= 4 is 34.9 Å². The van der Waals surface area contributed by atoms with Gasteiger partial charge in [0.1, 0.15) is 5.82 Å². The number of carbonyl (C=O) groups excluding carboxylic acids is 2. The Morgan fingerprint density at radius 2 is 1.52 bits per heavy atom. The summed E-state index contributed by atoms with van der Waals surface area (Å²) in [6.45, 7) is 0.483. The van der Waals surface area contributed by atoms with Gasteiger partial charge in [-0.05, 0) is 53.4 Å². The second-order valence-corrected chi connectivity index (χ2v) is 8.24. The lowest BCUT2D eigenvalue weighted by Crippen LogP contribution is -2.30. The topological polar surface area (TPSA) is 62.3 Å². The summed E-state index contributed by atoms with van der Waals surface area (Å²) in [5.41, 5.74) is 5.15. The molecule has 0 fully saturated rings. The van der Waals surface area contributed by atoms with Gasteiger partial charge in [-0.25, -0.2) is 4.98 Å². The summed E-state index contributed by atoms with van der Waals surface area (Å²) in [6.07, 6.45) is 2.27. The molecule has 0 radical (unpaired) electrons. The fourth-order valence-electron chi connectivity index (χ4n) is 4.03. The lowest BCUT2D eigenvalue weighted by molar-refractivity contribution is 0.0984. The van der Waals surface area contributed by atoms with Crippen molar-refractivity contribution in [2.24, 2.45) is 0 Å². The SMILES string of the molecule is O=C(Nc1ccc(C(=O)N2Cc3ccccc3Cc3ccccc32)cn1)c1ccccc1Cl. The van der Waals surface area contributed by atoms with Crippen LogP contribution < -0.4 is 10.2 Å². The number of hydrogen-bond acceptors (Lipinski definition) is 3. The third kappa shape index (κ3) is 4.23. The summed E-state index contributed by atoms with van der Waals surface area (Å²) in [6, 6.07) is 26.3. The highest BCUT2D eigenvalue weighted by atomic mass is 35.5. The van der Waals surface area contributed by atoms with E-state index in [0.717, 1.165) is 23.2 Å². The molecule has 0 bridgehead atoms. The van der Waals surface area contributed by atoms with Crippen molar-refractivity contribution in [3.8, 4) is 0 Å². The fraction of sp³-hybridized carbons (Fsp3) is 0.0741. The van der Waals surface area contributed by atoms with Crippen molar-refractivity contribution < 1.29 is 9.59 Å². The number of hydrogen-bond donors (Lipinski definition) is 1. The van der Waals surface area contributed by atoms with Gasteiger partial charge in [-0.2, -0.15) is 0 Å². The number of benzene rings is 3. The van der Waals surface area contributed by atoms with E-state index < -0.39 is 0 Å². The first kappa shape index (κ1) is 20.9. The van der Waals surface area contributed by atoms with Gasteiger partial charge in [0.15, 0.2) is 0 Å². The van der Waals surface area contributed by atoms with Gasteiger partial charge in [-0.15, -0.1) is 0 Å². The van der Waals surface area contributed by atoms with E-state index in [4.69, 9.17) is 11.6 Å². The number of carbonyl (C=O) groups is 2. The minimum absolute atomic E-state index is 0.143. The number of rotatable bonds is 3. The second-order valence-electron chi connectivity index (χ2n) is 7.83. The number of halogens is 1. The Morgan fingerprint density at radius 1 is 0.818 bits per heavy atom. The zero-order valence-corrected chi connectivity index (χ0v) is 18.4. The normalized spacial score (nSPS) is 12.3. The molecule has 0 atom stereocenters. The maximum atomic E-state index is 13.5. The predicted octanol–water partition coefficient (Wildman–Crippen LogP) is 5.74. The van der Waals surface area contributed by atoms with Crippen LogP contribution in [0.2, 0.25) is 5.02 Å². The summed E-state index contributed by atoms with van der Waals surface area (Å²) < 4.78 is 0. The van der Waals surface area contributed by atoms with Gasteiger partial charge in [0.2, 0.25) is 0 Å². The van der Waals surface area contributed by atoms with E-state index in [9.17, 15) is 9.59 Å². The number of amides is 2. The lowest BCUT2D eigenvalue weighted by Gasteiger charge is -2.23. The predicted molar refractivity (Wildman–Crippen MR) is 130 cm³/mol. The maximum Gasteiger partial charge on any atom is 0.260 e. The molecule has 1 N–H and O–H groups in total.